The molecule has 0 aliphatic heterocycles. The normalized spacial score (nSPS) is 10.1. The maximum Gasteiger partial charge on any atom is 0.321 e. The molecular weight excluding hydrogens is 182 g/mol. The Morgan fingerprint density at radius 1 is 1.21 bits per heavy atom. The monoisotopic (exact) mass is 192 g/mol. The van der Waals surface area contributed by atoms with Crippen LogP contribution in [0.2, 0.25) is 0 Å². The molecule has 3 N–H and O–H groups in total. The average Bonchev–Trinajstić information content (AvgIpc) is 2.15. The molecule has 0 saturated heterocycles. The number of carbonyl (C=O) groups is 2. The van der Waals surface area contributed by atoms with Crippen molar-refractivity contribution in [3.8, 4) is 0 Å². The lowest BCUT2D eigenvalue weighted by Crippen LogP contribution is -2.29. The van der Waals surface area contributed by atoms with E-state index < -0.39 is 11.9 Å². The highest BCUT2D eigenvalue weighted by atomic mass is 16.4. The molecule has 0 fully saturated rings. The van der Waals surface area contributed by atoms with Gasteiger partial charge in [-0.1, -0.05) is 30.3 Å². The smallest absolute Gasteiger partial charge is 0.321 e. The molecule has 0 aliphatic carbocycles. The van der Waals surface area contributed by atoms with E-state index in [1.54, 1.807) is 24.3 Å². The van der Waals surface area contributed by atoms with Crippen molar-refractivity contribution in [2.24, 2.45) is 5.73 Å². The van der Waals surface area contributed by atoms with E-state index in [9.17, 15) is 9.59 Å². The number of amides is 1. The lowest BCUT2D eigenvalue weighted by molar-refractivity contribution is -0.137. The maximum absolute atomic E-state index is 10.7. The van der Waals surface area contributed by atoms with Gasteiger partial charge in [-0.05, 0) is 12.0 Å². The van der Waals surface area contributed by atoms with E-state index >= 15 is 0 Å². The Morgan fingerprint density at radius 2 is 1.79 bits per heavy atom. The van der Waals surface area contributed by atoms with Crippen LogP contribution in [0.1, 0.15) is 5.56 Å². The van der Waals surface area contributed by atoms with Crippen molar-refractivity contribution in [3.05, 3.63) is 41.8 Å². The van der Waals surface area contributed by atoms with Gasteiger partial charge in [0.05, 0.1) is 0 Å². The van der Waals surface area contributed by atoms with Gasteiger partial charge in [-0.3, -0.25) is 9.59 Å². The number of aliphatic carboxylic acids is 1. The zero-order valence-electron chi connectivity index (χ0n) is 7.43. The van der Waals surface area contributed by atoms with Crippen molar-refractivity contribution in [1.29, 1.82) is 0 Å². The van der Waals surface area contributed by atoms with Gasteiger partial charge in [-0.2, -0.15) is 0 Å². The van der Waals surface area contributed by atoms with Crippen LogP contribution in [-0.2, 0) is 16.0 Å². The predicted octanol–water partition coefficient (Wildman–Crippen LogP) is 0.373. The summed E-state index contributed by atoms with van der Waals surface area (Å²) in [7, 11) is 0. The molecule has 1 aromatic carbocycles. The molecule has 0 saturated carbocycles. The summed E-state index contributed by atoms with van der Waals surface area (Å²) < 4.78 is 0. The van der Waals surface area contributed by atoms with Crippen LogP contribution in [0.3, 0.4) is 0 Å². The Balaban J connectivity index is 2.75. The van der Waals surface area contributed by atoms with E-state index in [1.165, 1.54) is 0 Å². The third-order valence-electron chi connectivity index (χ3n) is 1.78. The molecule has 0 atom stereocenters. The van der Waals surface area contributed by atoms with Crippen LogP contribution in [0.15, 0.2) is 30.3 Å². The summed E-state index contributed by atoms with van der Waals surface area (Å²) in [6.07, 6.45) is 0.0610. The number of rotatable bonds is 4. The van der Waals surface area contributed by atoms with Gasteiger partial charge in [0.1, 0.15) is 0 Å². The lowest BCUT2D eigenvalue weighted by atomic mass is 9.99. The van der Waals surface area contributed by atoms with Gasteiger partial charge < -0.3 is 10.8 Å². The first-order valence-corrected chi connectivity index (χ1v) is 4.04. The fraction of sp³-hybridized carbons (Fsp3) is 0.100. The molecule has 4 heteroatoms. The predicted molar refractivity (Wildman–Crippen MR) is 50.2 cm³/mol. The number of hydrogen-bond acceptors (Lipinski definition) is 2. The van der Waals surface area contributed by atoms with Crippen LogP contribution in [0.5, 0.6) is 0 Å². The minimum atomic E-state index is -1.26. The fourth-order valence-corrected chi connectivity index (χ4v) is 1.07. The standard InChI is InChI=1S/C10H10NO3/c11-9(12)8(10(13)14)6-7-4-2-1-3-5-7/h1-5H,6H2,(H2,11,12)(H,13,14). The number of benzene rings is 1. The van der Waals surface area contributed by atoms with Crippen LogP contribution < -0.4 is 5.73 Å². The minimum Gasteiger partial charge on any atom is -0.480 e. The molecule has 0 bridgehead atoms. The van der Waals surface area contributed by atoms with Gasteiger partial charge in [-0.15, -0.1) is 0 Å². The van der Waals surface area contributed by atoms with E-state index in [0.29, 0.717) is 0 Å². The largest absolute Gasteiger partial charge is 0.480 e. The highest BCUT2D eigenvalue weighted by molar-refractivity contribution is 6.11. The van der Waals surface area contributed by atoms with Gasteiger partial charge in [0, 0.05) is 0 Å². The summed E-state index contributed by atoms with van der Waals surface area (Å²) in [5, 5.41) is 8.67. The summed E-state index contributed by atoms with van der Waals surface area (Å²) >= 11 is 0. The highest BCUT2D eigenvalue weighted by Crippen LogP contribution is 2.10. The first kappa shape index (κ1) is 10.2. The quantitative estimate of drug-likeness (QED) is 0.676. The molecule has 0 aromatic heterocycles. The van der Waals surface area contributed by atoms with Crippen molar-refractivity contribution in [3.63, 3.8) is 0 Å². The number of hydrogen-bond donors (Lipinski definition) is 2. The van der Waals surface area contributed by atoms with Crippen molar-refractivity contribution in [2.75, 3.05) is 0 Å². The third kappa shape index (κ3) is 2.58. The summed E-state index contributed by atoms with van der Waals surface area (Å²) in [6, 6.07) is 8.84. The Kier molecular flexibility index (Phi) is 3.23. The van der Waals surface area contributed by atoms with E-state index in [-0.39, 0.29) is 12.3 Å². The Morgan fingerprint density at radius 3 is 2.21 bits per heavy atom. The van der Waals surface area contributed by atoms with Crippen LogP contribution in [0.25, 0.3) is 0 Å². The van der Waals surface area contributed by atoms with Gasteiger partial charge in [0.25, 0.3) is 0 Å². The molecule has 1 amide bonds. The van der Waals surface area contributed by atoms with Crippen molar-refractivity contribution in [2.45, 2.75) is 6.42 Å². The second-order valence-electron chi connectivity index (χ2n) is 2.81. The van der Waals surface area contributed by atoms with Crippen molar-refractivity contribution in [1.82, 2.24) is 0 Å². The molecule has 73 valence electrons. The lowest BCUT2D eigenvalue weighted by Gasteiger charge is -2.06. The number of carbonyl (C=O) groups excluding carboxylic acids is 1. The minimum absolute atomic E-state index is 0.0610. The third-order valence-corrected chi connectivity index (χ3v) is 1.78. The Bertz CT molecular complexity index is 320. The SMILES string of the molecule is NC(=O)[C](Cc1ccccc1)C(=O)O. The van der Waals surface area contributed by atoms with Crippen molar-refractivity contribution >= 4 is 11.9 Å². The maximum atomic E-state index is 10.7. The van der Waals surface area contributed by atoms with Gasteiger partial charge in [0.15, 0.2) is 5.92 Å². The number of primary amides is 1. The van der Waals surface area contributed by atoms with Crippen LogP contribution in [0.4, 0.5) is 0 Å². The van der Waals surface area contributed by atoms with E-state index in [2.05, 4.69) is 0 Å². The summed E-state index contributed by atoms with van der Waals surface area (Å²) in [5.74, 6) is -2.45. The number of nitrogens with two attached hydrogens (primary N) is 1. The van der Waals surface area contributed by atoms with Crippen LogP contribution >= 0.6 is 0 Å². The summed E-state index contributed by atoms with van der Waals surface area (Å²) in [6.45, 7) is 0. The molecule has 1 rings (SSSR count). The molecule has 0 aliphatic rings. The van der Waals surface area contributed by atoms with Gasteiger partial charge in [0.2, 0.25) is 5.91 Å². The zero-order chi connectivity index (χ0) is 10.6. The second-order valence-corrected chi connectivity index (χ2v) is 2.81. The summed E-state index contributed by atoms with van der Waals surface area (Å²) in [4.78, 5) is 21.4. The number of carboxylic acids is 1. The van der Waals surface area contributed by atoms with Crippen LogP contribution in [-0.4, -0.2) is 17.0 Å². The molecule has 0 spiro atoms. The van der Waals surface area contributed by atoms with Gasteiger partial charge in [-0.25, -0.2) is 0 Å². The van der Waals surface area contributed by atoms with Gasteiger partial charge >= 0.3 is 5.97 Å². The topological polar surface area (TPSA) is 80.4 Å². The number of carboxylic acid groups (broad SMARTS) is 1. The van der Waals surface area contributed by atoms with E-state index in [1.807, 2.05) is 6.07 Å². The van der Waals surface area contributed by atoms with Crippen LogP contribution in [0, 0.1) is 5.92 Å². The Hall–Kier alpha value is -1.84. The molecule has 1 aromatic rings. The first-order chi connectivity index (χ1) is 6.61. The first-order valence-electron chi connectivity index (χ1n) is 4.04. The Labute approximate surface area is 81.3 Å². The van der Waals surface area contributed by atoms with Crippen molar-refractivity contribution < 1.29 is 14.7 Å². The highest BCUT2D eigenvalue weighted by Gasteiger charge is 2.25. The molecule has 0 heterocycles. The van der Waals surface area contributed by atoms with E-state index in [4.69, 9.17) is 10.8 Å². The zero-order valence-corrected chi connectivity index (χ0v) is 7.43. The molecule has 14 heavy (non-hydrogen) atoms. The average molecular weight is 192 g/mol. The molecular formula is C10H10NO3. The molecule has 0 unspecified atom stereocenters. The molecule has 4 nitrogen and oxygen atoms in total. The second kappa shape index (κ2) is 4.41. The summed E-state index contributed by atoms with van der Waals surface area (Å²) in [5.41, 5.74) is 5.68. The fourth-order valence-electron chi connectivity index (χ4n) is 1.07. The molecule has 1 radical (unpaired) electrons. The van der Waals surface area contributed by atoms with E-state index in [0.717, 1.165) is 5.56 Å².